The minimum absolute atomic E-state index is 0.171. The van der Waals surface area contributed by atoms with E-state index >= 15 is 0 Å². The number of carbonyl (C=O) groups is 1. The first-order valence-corrected chi connectivity index (χ1v) is 8.28. The largest absolute Gasteiger partial charge is 0.465 e. The lowest BCUT2D eigenvalue weighted by Gasteiger charge is -2.28. The van der Waals surface area contributed by atoms with Crippen LogP contribution in [0.25, 0.3) is 0 Å². The van der Waals surface area contributed by atoms with Gasteiger partial charge in [-0.1, -0.05) is 0 Å². The van der Waals surface area contributed by atoms with E-state index in [4.69, 9.17) is 10.2 Å². The molecule has 2 saturated carbocycles. The number of aromatic nitrogens is 2. The average molecular weight is 304 g/mol. The molecule has 0 spiro atoms. The van der Waals surface area contributed by atoms with Crippen molar-refractivity contribution in [1.82, 2.24) is 20.4 Å². The molecular formula is C16H24N4O2. The summed E-state index contributed by atoms with van der Waals surface area (Å²) < 4.78 is 2.23. The van der Waals surface area contributed by atoms with E-state index in [1.807, 2.05) is 0 Å². The fourth-order valence-electron chi connectivity index (χ4n) is 4.99. The van der Waals surface area contributed by atoms with Gasteiger partial charge in [0.05, 0.1) is 5.69 Å². The highest BCUT2D eigenvalue weighted by atomic mass is 16.4. The summed E-state index contributed by atoms with van der Waals surface area (Å²) in [6, 6.07) is 0. The van der Waals surface area contributed by atoms with Gasteiger partial charge in [0, 0.05) is 42.9 Å². The molecule has 3 N–H and O–H groups in total. The van der Waals surface area contributed by atoms with E-state index in [2.05, 4.69) is 22.2 Å². The van der Waals surface area contributed by atoms with Crippen LogP contribution in [0.1, 0.15) is 49.1 Å². The number of nitrogens with one attached hydrogen (secondary N) is 2. The van der Waals surface area contributed by atoms with E-state index in [1.54, 1.807) is 0 Å². The first-order chi connectivity index (χ1) is 10.5. The Morgan fingerprint density at radius 1 is 1.41 bits per heavy atom. The molecule has 1 amide bonds. The topological polar surface area (TPSA) is 79.2 Å². The van der Waals surface area contributed by atoms with Crippen molar-refractivity contribution in [2.24, 2.45) is 5.41 Å². The van der Waals surface area contributed by atoms with Crippen molar-refractivity contribution in [3.05, 3.63) is 17.0 Å². The van der Waals surface area contributed by atoms with Crippen LogP contribution in [-0.4, -0.2) is 33.1 Å². The zero-order valence-electron chi connectivity index (χ0n) is 13.1. The molecule has 0 saturated heterocycles. The number of aryl methyl sites for hydroxylation is 1. The van der Waals surface area contributed by atoms with Crippen LogP contribution in [0.15, 0.2) is 0 Å². The molecule has 2 aliphatic carbocycles. The summed E-state index contributed by atoms with van der Waals surface area (Å²) in [6.07, 6.45) is 5.31. The summed E-state index contributed by atoms with van der Waals surface area (Å²) in [4.78, 5) is 11.1. The Morgan fingerprint density at radius 2 is 2.18 bits per heavy atom. The first-order valence-electron chi connectivity index (χ1n) is 8.28. The number of hydrogen-bond donors (Lipinski definition) is 3. The Bertz CT molecular complexity index is 614. The SMILES string of the molecule is Cc1nn(CC23CCC(NC(=O)O)(CC2)C3)c2c1CNCC2. The Balaban J connectivity index is 1.57. The first kappa shape index (κ1) is 14.1. The van der Waals surface area contributed by atoms with E-state index in [0.29, 0.717) is 0 Å². The highest BCUT2D eigenvalue weighted by Crippen LogP contribution is 2.57. The minimum Gasteiger partial charge on any atom is -0.465 e. The third-order valence-electron chi connectivity index (χ3n) is 6.05. The van der Waals surface area contributed by atoms with Gasteiger partial charge in [0.2, 0.25) is 0 Å². The highest BCUT2D eigenvalue weighted by Gasteiger charge is 2.55. The molecule has 2 heterocycles. The maximum Gasteiger partial charge on any atom is 0.405 e. The Labute approximate surface area is 130 Å². The van der Waals surface area contributed by atoms with Gasteiger partial charge in [0.25, 0.3) is 0 Å². The molecule has 2 bridgehead atoms. The smallest absolute Gasteiger partial charge is 0.405 e. The molecule has 6 heteroatoms. The van der Waals surface area contributed by atoms with E-state index in [9.17, 15) is 4.79 Å². The van der Waals surface area contributed by atoms with Crippen molar-refractivity contribution in [2.75, 3.05) is 6.54 Å². The van der Waals surface area contributed by atoms with E-state index < -0.39 is 6.09 Å². The number of carboxylic acid groups (broad SMARTS) is 1. The second-order valence-corrected chi connectivity index (χ2v) is 7.48. The van der Waals surface area contributed by atoms with Gasteiger partial charge in [-0.15, -0.1) is 0 Å². The summed E-state index contributed by atoms with van der Waals surface area (Å²) in [5.74, 6) is 0. The van der Waals surface area contributed by atoms with Gasteiger partial charge in [-0.05, 0) is 44.4 Å². The Kier molecular flexibility index (Phi) is 3.01. The van der Waals surface area contributed by atoms with Crippen molar-refractivity contribution in [3.63, 3.8) is 0 Å². The van der Waals surface area contributed by atoms with Gasteiger partial charge in [0.15, 0.2) is 0 Å². The molecule has 22 heavy (non-hydrogen) atoms. The Hall–Kier alpha value is -1.56. The number of nitrogens with zero attached hydrogens (tertiary/aromatic N) is 2. The summed E-state index contributed by atoms with van der Waals surface area (Å²) >= 11 is 0. The second kappa shape index (κ2) is 4.72. The van der Waals surface area contributed by atoms with Crippen molar-refractivity contribution in [1.29, 1.82) is 0 Å². The number of amides is 1. The fourth-order valence-corrected chi connectivity index (χ4v) is 4.99. The summed E-state index contributed by atoms with van der Waals surface area (Å²) in [7, 11) is 0. The zero-order valence-corrected chi connectivity index (χ0v) is 13.1. The summed E-state index contributed by atoms with van der Waals surface area (Å²) in [5, 5.41) is 20.1. The van der Waals surface area contributed by atoms with E-state index in [1.165, 1.54) is 11.3 Å². The summed E-state index contributed by atoms with van der Waals surface area (Å²) in [5.41, 5.74) is 3.97. The molecule has 3 aliphatic rings. The quantitative estimate of drug-likeness (QED) is 0.795. The molecule has 1 aromatic rings. The van der Waals surface area contributed by atoms with Crippen molar-refractivity contribution < 1.29 is 9.90 Å². The fraction of sp³-hybridized carbons (Fsp3) is 0.750. The summed E-state index contributed by atoms with van der Waals surface area (Å²) in [6.45, 7) is 5.00. The van der Waals surface area contributed by atoms with Crippen LogP contribution in [0.2, 0.25) is 0 Å². The minimum atomic E-state index is -0.879. The van der Waals surface area contributed by atoms with Crippen LogP contribution in [0.5, 0.6) is 0 Å². The molecule has 120 valence electrons. The lowest BCUT2D eigenvalue weighted by molar-refractivity contribution is 0.177. The molecule has 0 atom stereocenters. The average Bonchev–Trinajstić information content (AvgIpc) is 3.10. The van der Waals surface area contributed by atoms with Crippen LogP contribution in [0.4, 0.5) is 4.79 Å². The Morgan fingerprint density at radius 3 is 2.91 bits per heavy atom. The van der Waals surface area contributed by atoms with Crippen LogP contribution in [0.3, 0.4) is 0 Å². The second-order valence-electron chi connectivity index (χ2n) is 7.48. The third-order valence-corrected chi connectivity index (χ3v) is 6.05. The standard InChI is InChI=1S/C16H24N4O2/c1-11-12-8-17-7-2-13(12)20(19-11)10-15-3-5-16(9-15,6-4-15)18-14(21)22/h17-18H,2-10H2,1H3,(H,21,22). The number of hydrogen-bond acceptors (Lipinski definition) is 3. The lowest BCUT2D eigenvalue weighted by atomic mass is 9.84. The van der Waals surface area contributed by atoms with Gasteiger partial charge in [-0.25, -0.2) is 4.79 Å². The van der Waals surface area contributed by atoms with Crippen LogP contribution < -0.4 is 10.6 Å². The highest BCUT2D eigenvalue weighted by molar-refractivity contribution is 5.66. The molecule has 0 aromatic carbocycles. The molecule has 0 unspecified atom stereocenters. The van der Waals surface area contributed by atoms with Gasteiger partial charge in [-0.3, -0.25) is 4.68 Å². The zero-order chi connectivity index (χ0) is 15.4. The molecular weight excluding hydrogens is 280 g/mol. The lowest BCUT2D eigenvalue weighted by Crippen LogP contribution is -2.44. The van der Waals surface area contributed by atoms with E-state index in [0.717, 1.165) is 63.9 Å². The molecule has 0 radical (unpaired) electrons. The van der Waals surface area contributed by atoms with Crippen LogP contribution in [-0.2, 0) is 19.5 Å². The molecule has 2 fully saturated rings. The maximum atomic E-state index is 11.1. The predicted octanol–water partition coefficient (Wildman–Crippen LogP) is 1.81. The molecule has 1 aliphatic heterocycles. The number of rotatable bonds is 3. The number of fused-ring (bicyclic) bond motifs is 3. The van der Waals surface area contributed by atoms with Crippen molar-refractivity contribution in [2.45, 2.75) is 64.1 Å². The van der Waals surface area contributed by atoms with Gasteiger partial charge < -0.3 is 15.7 Å². The van der Waals surface area contributed by atoms with Gasteiger partial charge in [0.1, 0.15) is 0 Å². The van der Waals surface area contributed by atoms with E-state index in [-0.39, 0.29) is 11.0 Å². The third kappa shape index (κ3) is 2.12. The van der Waals surface area contributed by atoms with Crippen LogP contribution >= 0.6 is 0 Å². The normalized spacial score (nSPS) is 33.0. The molecule has 6 nitrogen and oxygen atoms in total. The predicted molar refractivity (Wildman–Crippen MR) is 81.8 cm³/mol. The van der Waals surface area contributed by atoms with Crippen LogP contribution in [0, 0.1) is 12.3 Å². The van der Waals surface area contributed by atoms with Crippen molar-refractivity contribution in [3.8, 4) is 0 Å². The van der Waals surface area contributed by atoms with Gasteiger partial charge >= 0.3 is 6.09 Å². The van der Waals surface area contributed by atoms with Crippen molar-refractivity contribution >= 4 is 6.09 Å². The van der Waals surface area contributed by atoms with Gasteiger partial charge in [-0.2, -0.15) is 5.10 Å². The monoisotopic (exact) mass is 304 g/mol. The molecule has 4 rings (SSSR count). The molecule has 1 aromatic heterocycles. The maximum absolute atomic E-state index is 11.1.